The second-order valence-electron chi connectivity index (χ2n) is 6.37. The number of hydrogen-bond donors (Lipinski definition) is 2. The maximum Gasteiger partial charge on any atom is 0.275 e. The highest BCUT2D eigenvalue weighted by molar-refractivity contribution is 9.10. The van der Waals surface area contributed by atoms with Gasteiger partial charge in [-0.1, -0.05) is 0 Å². The second-order valence-corrected chi connectivity index (χ2v) is 7.16. The minimum absolute atomic E-state index is 0.0671. The third-order valence-corrected chi connectivity index (χ3v) is 5.30. The number of amides is 2. The number of carbonyl (C=O) groups excluding carboxylic acids is 2. The number of aryl methyl sites for hydroxylation is 1. The van der Waals surface area contributed by atoms with Crippen molar-refractivity contribution in [2.75, 3.05) is 50.1 Å². The highest BCUT2D eigenvalue weighted by Gasteiger charge is 2.21. The van der Waals surface area contributed by atoms with E-state index in [1.165, 1.54) is 4.90 Å². The highest BCUT2D eigenvalue weighted by Crippen LogP contribution is 2.20. The zero-order chi connectivity index (χ0) is 19.4. The summed E-state index contributed by atoms with van der Waals surface area (Å²) in [6.45, 7) is 4.92. The van der Waals surface area contributed by atoms with Crippen LogP contribution in [0.5, 0.6) is 0 Å². The highest BCUT2D eigenvalue weighted by atomic mass is 79.9. The van der Waals surface area contributed by atoms with Gasteiger partial charge in [0.2, 0.25) is 5.91 Å². The molecule has 0 atom stereocenters. The lowest BCUT2D eigenvalue weighted by Gasteiger charge is -2.28. The number of aromatic amines is 1. The first-order chi connectivity index (χ1) is 13.0. The van der Waals surface area contributed by atoms with Crippen molar-refractivity contribution in [3.05, 3.63) is 40.1 Å². The van der Waals surface area contributed by atoms with Crippen molar-refractivity contribution in [2.45, 2.75) is 6.92 Å². The average Bonchev–Trinajstić information content (AvgIpc) is 3.01. The molecule has 27 heavy (non-hydrogen) atoms. The smallest absolute Gasteiger partial charge is 0.275 e. The number of nitrogens with one attached hydrogen (secondary N) is 2. The van der Waals surface area contributed by atoms with E-state index in [0.717, 1.165) is 37.7 Å². The lowest BCUT2D eigenvalue weighted by molar-refractivity contribution is -0.116. The number of anilines is 2. The van der Waals surface area contributed by atoms with Crippen LogP contribution in [0.3, 0.4) is 0 Å². The molecule has 1 aromatic heterocycles. The van der Waals surface area contributed by atoms with E-state index in [1.807, 2.05) is 24.3 Å². The Morgan fingerprint density at radius 1 is 1.30 bits per heavy atom. The average molecular weight is 436 g/mol. The molecule has 1 fully saturated rings. The number of benzene rings is 1. The van der Waals surface area contributed by atoms with Gasteiger partial charge in [-0.15, -0.1) is 0 Å². The molecule has 144 valence electrons. The molecule has 2 N–H and O–H groups in total. The number of halogens is 1. The lowest BCUT2D eigenvalue weighted by atomic mass is 10.2. The first kappa shape index (κ1) is 19.4. The van der Waals surface area contributed by atoms with E-state index in [9.17, 15) is 9.59 Å². The zero-order valence-corrected chi connectivity index (χ0v) is 16.9. The van der Waals surface area contributed by atoms with E-state index in [2.05, 4.69) is 36.3 Å². The van der Waals surface area contributed by atoms with E-state index < -0.39 is 0 Å². The van der Waals surface area contributed by atoms with Crippen LogP contribution < -0.4 is 10.2 Å². The minimum atomic E-state index is -0.330. The third kappa shape index (κ3) is 4.67. The van der Waals surface area contributed by atoms with Crippen LogP contribution in [0, 0.1) is 6.92 Å². The Bertz CT molecular complexity index is 815. The standard InChI is InChI=1S/C18H22BrN5O3/c1-12-16(19)17(22-21-12)18(26)23(2)11-15(25)20-13-3-5-14(6-4-13)24-7-9-27-10-8-24/h3-6H,7-11H2,1-2H3,(H,20,25)(H,21,22). The summed E-state index contributed by atoms with van der Waals surface area (Å²) in [7, 11) is 1.57. The number of nitrogens with zero attached hydrogens (tertiary/aromatic N) is 3. The molecule has 8 nitrogen and oxygen atoms in total. The largest absolute Gasteiger partial charge is 0.378 e. The van der Waals surface area contributed by atoms with Gasteiger partial charge in [0.25, 0.3) is 5.91 Å². The van der Waals surface area contributed by atoms with Crippen LogP contribution in [-0.2, 0) is 9.53 Å². The molecule has 1 aromatic carbocycles. The second kappa shape index (κ2) is 8.53. The van der Waals surface area contributed by atoms with Gasteiger partial charge in [-0.2, -0.15) is 5.10 Å². The summed E-state index contributed by atoms with van der Waals surface area (Å²) in [6.07, 6.45) is 0. The number of rotatable bonds is 5. The summed E-state index contributed by atoms with van der Waals surface area (Å²) >= 11 is 3.32. The molecule has 1 saturated heterocycles. The molecule has 0 spiro atoms. The molecule has 2 aromatic rings. The third-order valence-electron chi connectivity index (χ3n) is 4.33. The van der Waals surface area contributed by atoms with E-state index >= 15 is 0 Å². The molecule has 0 saturated carbocycles. The summed E-state index contributed by atoms with van der Waals surface area (Å²) in [5.41, 5.74) is 2.81. The van der Waals surface area contributed by atoms with E-state index in [-0.39, 0.29) is 24.1 Å². The van der Waals surface area contributed by atoms with E-state index in [4.69, 9.17) is 4.74 Å². The van der Waals surface area contributed by atoms with Gasteiger partial charge < -0.3 is 19.9 Å². The molecule has 0 radical (unpaired) electrons. The number of carbonyl (C=O) groups is 2. The van der Waals surface area contributed by atoms with E-state index in [1.54, 1.807) is 14.0 Å². The van der Waals surface area contributed by atoms with Crippen LogP contribution in [0.1, 0.15) is 16.2 Å². The monoisotopic (exact) mass is 435 g/mol. The van der Waals surface area contributed by atoms with Gasteiger partial charge >= 0.3 is 0 Å². The Hall–Kier alpha value is -2.39. The molecule has 1 aliphatic heterocycles. The Kier molecular flexibility index (Phi) is 6.12. The summed E-state index contributed by atoms with van der Waals surface area (Å²) in [5.74, 6) is -0.600. The quantitative estimate of drug-likeness (QED) is 0.749. The number of morpholine rings is 1. The molecular formula is C18H22BrN5O3. The predicted molar refractivity (Wildman–Crippen MR) is 106 cm³/mol. The topological polar surface area (TPSA) is 90.6 Å². The molecule has 0 bridgehead atoms. The van der Waals surface area contributed by atoms with Crippen LogP contribution in [0.2, 0.25) is 0 Å². The molecular weight excluding hydrogens is 414 g/mol. The van der Waals surface area contributed by atoms with Crippen molar-refractivity contribution in [1.82, 2.24) is 15.1 Å². The van der Waals surface area contributed by atoms with Crippen molar-refractivity contribution < 1.29 is 14.3 Å². The number of ether oxygens (including phenoxy) is 1. The van der Waals surface area contributed by atoms with Crippen LogP contribution in [0.25, 0.3) is 0 Å². The Morgan fingerprint density at radius 2 is 1.96 bits per heavy atom. The minimum Gasteiger partial charge on any atom is -0.378 e. The van der Waals surface area contributed by atoms with Gasteiger partial charge in [-0.3, -0.25) is 14.7 Å². The van der Waals surface area contributed by atoms with E-state index in [0.29, 0.717) is 10.2 Å². The van der Waals surface area contributed by atoms with Crippen molar-refractivity contribution >= 4 is 39.1 Å². The first-order valence-electron chi connectivity index (χ1n) is 8.64. The number of aromatic nitrogens is 2. The molecule has 0 unspecified atom stereocenters. The Balaban J connectivity index is 1.55. The number of likely N-dealkylation sites (N-methyl/N-ethyl adjacent to an activating group) is 1. The molecule has 2 heterocycles. The summed E-state index contributed by atoms with van der Waals surface area (Å²) in [5, 5.41) is 9.53. The summed E-state index contributed by atoms with van der Waals surface area (Å²) in [4.78, 5) is 28.2. The Morgan fingerprint density at radius 3 is 2.56 bits per heavy atom. The van der Waals surface area contributed by atoms with Gasteiger partial charge in [-0.25, -0.2) is 0 Å². The van der Waals surface area contributed by atoms with Gasteiger partial charge in [-0.05, 0) is 47.1 Å². The van der Waals surface area contributed by atoms with Crippen LogP contribution >= 0.6 is 15.9 Å². The first-order valence-corrected chi connectivity index (χ1v) is 9.43. The van der Waals surface area contributed by atoms with Gasteiger partial charge in [0.05, 0.1) is 24.2 Å². The van der Waals surface area contributed by atoms with Crippen molar-refractivity contribution in [1.29, 1.82) is 0 Å². The predicted octanol–water partition coefficient (Wildman–Crippen LogP) is 2.03. The zero-order valence-electron chi connectivity index (χ0n) is 15.3. The fourth-order valence-electron chi connectivity index (χ4n) is 2.80. The maximum atomic E-state index is 12.4. The molecule has 3 rings (SSSR count). The molecule has 1 aliphatic rings. The lowest BCUT2D eigenvalue weighted by Crippen LogP contribution is -2.36. The van der Waals surface area contributed by atoms with Crippen molar-refractivity contribution in [2.24, 2.45) is 0 Å². The van der Waals surface area contributed by atoms with Crippen molar-refractivity contribution in [3.8, 4) is 0 Å². The van der Waals surface area contributed by atoms with Crippen LogP contribution in [0.4, 0.5) is 11.4 Å². The van der Waals surface area contributed by atoms with Gasteiger partial charge in [0.1, 0.15) is 0 Å². The number of H-pyrrole nitrogens is 1. The summed E-state index contributed by atoms with van der Waals surface area (Å²) in [6, 6.07) is 7.66. The molecule has 2 amide bonds. The number of hydrogen-bond acceptors (Lipinski definition) is 5. The van der Waals surface area contributed by atoms with Crippen LogP contribution in [-0.4, -0.2) is 66.8 Å². The van der Waals surface area contributed by atoms with Crippen molar-refractivity contribution in [3.63, 3.8) is 0 Å². The van der Waals surface area contributed by atoms with Gasteiger partial charge in [0.15, 0.2) is 5.69 Å². The summed E-state index contributed by atoms with van der Waals surface area (Å²) < 4.78 is 5.96. The SMILES string of the molecule is Cc1[nH]nc(C(=O)N(C)CC(=O)Nc2ccc(N3CCOCC3)cc2)c1Br. The maximum absolute atomic E-state index is 12.4. The fraction of sp³-hybridized carbons (Fsp3) is 0.389. The normalized spacial score (nSPS) is 14.1. The van der Waals surface area contributed by atoms with Crippen LogP contribution in [0.15, 0.2) is 28.7 Å². The van der Waals surface area contributed by atoms with Gasteiger partial charge in [0, 0.05) is 37.2 Å². The fourth-order valence-corrected chi connectivity index (χ4v) is 3.15. The Labute approximate surface area is 166 Å². The molecule has 9 heteroatoms. The molecule has 0 aliphatic carbocycles.